The highest BCUT2D eigenvalue weighted by Crippen LogP contribution is 2.29. The van der Waals surface area contributed by atoms with E-state index in [0.717, 1.165) is 30.6 Å². The van der Waals surface area contributed by atoms with Crippen molar-refractivity contribution in [2.24, 2.45) is 0 Å². The first kappa shape index (κ1) is 19.5. The van der Waals surface area contributed by atoms with E-state index in [4.69, 9.17) is 4.74 Å². The van der Waals surface area contributed by atoms with Crippen molar-refractivity contribution in [1.82, 2.24) is 14.6 Å². The van der Waals surface area contributed by atoms with Crippen molar-refractivity contribution < 1.29 is 22.7 Å². The third-order valence-corrected chi connectivity index (χ3v) is 6.81. The van der Waals surface area contributed by atoms with Crippen LogP contribution in [0.1, 0.15) is 52.1 Å². The number of rotatable bonds is 6. The fraction of sp³-hybridized carbons (Fsp3) is 0.350. The second-order valence-electron chi connectivity index (χ2n) is 7.18. The number of amides is 2. The number of carbonyl (C=O) groups excluding carboxylic acids is 2. The molecule has 1 aliphatic heterocycles. The minimum Gasteiger partial charge on any atom is -0.495 e. The summed E-state index contributed by atoms with van der Waals surface area (Å²) in [6.45, 7) is -0.0516. The Labute approximate surface area is 168 Å². The molecule has 152 valence electrons. The minimum absolute atomic E-state index is 0.000802. The largest absolute Gasteiger partial charge is 0.495 e. The highest BCUT2D eigenvalue weighted by atomic mass is 32.2. The third-order valence-electron chi connectivity index (χ3n) is 5.27. The summed E-state index contributed by atoms with van der Waals surface area (Å²) in [7, 11) is -2.40. The number of nitrogens with zero attached hydrogens (tertiary/aromatic N) is 2. The lowest BCUT2D eigenvalue weighted by molar-refractivity contribution is 0.0640. The molecule has 2 heterocycles. The van der Waals surface area contributed by atoms with Gasteiger partial charge in [-0.25, -0.2) is 13.1 Å². The first-order valence-electron chi connectivity index (χ1n) is 9.41. The molecule has 29 heavy (non-hydrogen) atoms. The van der Waals surface area contributed by atoms with Gasteiger partial charge >= 0.3 is 0 Å². The van der Waals surface area contributed by atoms with Crippen molar-refractivity contribution >= 4 is 21.8 Å². The van der Waals surface area contributed by atoms with E-state index in [0.29, 0.717) is 5.56 Å². The average Bonchev–Trinajstić information content (AvgIpc) is 3.30. The number of carbonyl (C=O) groups is 2. The maximum Gasteiger partial charge on any atom is 0.280 e. The van der Waals surface area contributed by atoms with Gasteiger partial charge in [-0.2, -0.15) is 0 Å². The van der Waals surface area contributed by atoms with Gasteiger partial charge in [0.15, 0.2) is 0 Å². The molecular weight excluding hydrogens is 394 g/mol. The van der Waals surface area contributed by atoms with Gasteiger partial charge in [0.1, 0.15) is 16.3 Å². The van der Waals surface area contributed by atoms with Crippen LogP contribution in [0.25, 0.3) is 0 Å². The van der Waals surface area contributed by atoms with Crippen molar-refractivity contribution in [3.8, 4) is 5.75 Å². The lowest BCUT2D eigenvalue weighted by atomic mass is 10.2. The number of aromatic nitrogens is 1. The SMILES string of the molecule is COc1ccc(CN2C(=O)c3cccnc3C2=O)cc1S(=O)(=O)NC1CCCC1. The van der Waals surface area contributed by atoms with Crippen LogP contribution in [0.3, 0.4) is 0 Å². The van der Waals surface area contributed by atoms with Gasteiger partial charge < -0.3 is 4.74 Å². The van der Waals surface area contributed by atoms with Gasteiger partial charge in [0.2, 0.25) is 10.0 Å². The molecule has 1 aliphatic carbocycles. The summed E-state index contributed by atoms with van der Waals surface area (Å²) >= 11 is 0. The smallest absolute Gasteiger partial charge is 0.280 e. The molecule has 0 bridgehead atoms. The van der Waals surface area contributed by atoms with Gasteiger partial charge in [-0.05, 0) is 42.7 Å². The van der Waals surface area contributed by atoms with Crippen LogP contribution in [-0.4, -0.2) is 43.3 Å². The number of hydrogen-bond acceptors (Lipinski definition) is 6. The predicted molar refractivity (Wildman–Crippen MR) is 104 cm³/mol. The van der Waals surface area contributed by atoms with Crippen molar-refractivity contribution in [1.29, 1.82) is 0 Å². The van der Waals surface area contributed by atoms with Crippen LogP contribution >= 0.6 is 0 Å². The number of sulfonamides is 1. The minimum atomic E-state index is -3.80. The Morgan fingerprint density at radius 1 is 1.17 bits per heavy atom. The number of hydrogen-bond donors (Lipinski definition) is 1. The van der Waals surface area contributed by atoms with E-state index in [1.54, 1.807) is 18.2 Å². The molecule has 0 spiro atoms. The Hall–Kier alpha value is -2.78. The topological polar surface area (TPSA) is 106 Å². The summed E-state index contributed by atoms with van der Waals surface area (Å²) in [5.41, 5.74) is 0.871. The molecule has 0 atom stereocenters. The third kappa shape index (κ3) is 3.63. The van der Waals surface area contributed by atoms with E-state index < -0.39 is 21.8 Å². The number of nitrogens with one attached hydrogen (secondary N) is 1. The first-order valence-corrected chi connectivity index (χ1v) is 10.9. The lowest BCUT2D eigenvalue weighted by Gasteiger charge is -2.18. The lowest BCUT2D eigenvalue weighted by Crippen LogP contribution is -2.33. The van der Waals surface area contributed by atoms with E-state index in [-0.39, 0.29) is 34.5 Å². The molecule has 1 saturated carbocycles. The molecule has 1 aromatic heterocycles. The van der Waals surface area contributed by atoms with E-state index in [1.807, 2.05) is 0 Å². The van der Waals surface area contributed by atoms with Crippen LogP contribution in [0.5, 0.6) is 5.75 Å². The Balaban J connectivity index is 1.62. The molecule has 2 amide bonds. The predicted octanol–water partition coefficient (Wildman–Crippen LogP) is 2.11. The van der Waals surface area contributed by atoms with Gasteiger partial charge in [-0.15, -0.1) is 0 Å². The van der Waals surface area contributed by atoms with Crippen LogP contribution in [0.2, 0.25) is 0 Å². The zero-order valence-electron chi connectivity index (χ0n) is 15.9. The molecule has 1 N–H and O–H groups in total. The number of imide groups is 1. The van der Waals surface area contributed by atoms with Crippen LogP contribution < -0.4 is 9.46 Å². The fourth-order valence-corrected chi connectivity index (χ4v) is 5.32. The Bertz CT molecular complexity index is 1040. The molecule has 2 aromatic rings. The maximum absolute atomic E-state index is 12.9. The van der Waals surface area contributed by atoms with E-state index in [9.17, 15) is 18.0 Å². The average molecular weight is 415 g/mol. The quantitative estimate of drug-likeness (QED) is 0.725. The number of methoxy groups -OCH3 is 1. The molecule has 2 aliphatic rings. The van der Waals surface area contributed by atoms with Crippen molar-refractivity contribution in [2.75, 3.05) is 7.11 Å². The number of ether oxygens (including phenoxy) is 1. The molecule has 0 saturated heterocycles. The summed E-state index contributed by atoms with van der Waals surface area (Å²) in [6, 6.07) is 7.70. The summed E-state index contributed by atoms with van der Waals surface area (Å²) in [6.07, 6.45) is 5.07. The molecule has 1 fully saturated rings. The molecule has 0 radical (unpaired) electrons. The zero-order chi connectivity index (χ0) is 20.6. The zero-order valence-corrected chi connectivity index (χ0v) is 16.7. The van der Waals surface area contributed by atoms with Crippen LogP contribution in [-0.2, 0) is 16.6 Å². The van der Waals surface area contributed by atoms with E-state index in [1.165, 1.54) is 25.4 Å². The highest BCUT2D eigenvalue weighted by molar-refractivity contribution is 7.89. The van der Waals surface area contributed by atoms with Crippen molar-refractivity contribution in [3.63, 3.8) is 0 Å². The molecule has 9 heteroatoms. The summed E-state index contributed by atoms with van der Waals surface area (Å²) < 4.78 is 33.8. The maximum atomic E-state index is 12.9. The second kappa shape index (κ2) is 7.57. The molecule has 8 nitrogen and oxygen atoms in total. The fourth-order valence-electron chi connectivity index (χ4n) is 3.80. The van der Waals surface area contributed by atoms with Gasteiger partial charge in [0, 0.05) is 12.2 Å². The number of fused-ring (bicyclic) bond motifs is 1. The van der Waals surface area contributed by atoms with Gasteiger partial charge in [-0.3, -0.25) is 19.5 Å². The normalized spacial score (nSPS) is 17.1. The van der Waals surface area contributed by atoms with Crippen molar-refractivity contribution in [2.45, 2.75) is 43.2 Å². The van der Waals surface area contributed by atoms with Crippen LogP contribution in [0.15, 0.2) is 41.4 Å². The monoisotopic (exact) mass is 415 g/mol. The molecule has 0 unspecified atom stereocenters. The Kier molecular flexibility index (Phi) is 5.10. The summed E-state index contributed by atoms with van der Waals surface area (Å²) in [5, 5.41) is 0. The number of benzene rings is 1. The highest BCUT2D eigenvalue weighted by Gasteiger charge is 2.37. The molecular formula is C20H21N3O5S. The standard InChI is InChI=1S/C20H21N3O5S/c1-28-16-9-8-13(11-17(16)29(26,27)22-14-5-2-3-6-14)12-23-19(24)15-7-4-10-21-18(15)20(23)25/h4,7-11,14,22H,2-3,5-6,12H2,1H3. The second-order valence-corrected chi connectivity index (χ2v) is 8.87. The van der Waals surface area contributed by atoms with E-state index >= 15 is 0 Å². The van der Waals surface area contributed by atoms with E-state index in [2.05, 4.69) is 9.71 Å². The van der Waals surface area contributed by atoms with Crippen molar-refractivity contribution in [3.05, 3.63) is 53.3 Å². The Morgan fingerprint density at radius 2 is 1.93 bits per heavy atom. The van der Waals surface area contributed by atoms with Crippen LogP contribution in [0, 0.1) is 0 Å². The first-order chi connectivity index (χ1) is 13.9. The van der Waals surface area contributed by atoms with Gasteiger partial charge in [0.05, 0.1) is 19.2 Å². The number of pyridine rings is 1. The van der Waals surface area contributed by atoms with Crippen LogP contribution in [0.4, 0.5) is 0 Å². The summed E-state index contributed by atoms with van der Waals surface area (Å²) in [5.74, 6) is -0.722. The molecule has 1 aromatic carbocycles. The Morgan fingerprint density at radius 3 is 2.62 bits per heavy atom. The van der Waals surface area contributed by atoms with Gasteiger partial charge in [0.25, 0.3) is 11.8 Å². The van der Waals surface area contributed by atoms with Gasteiger partial charge in [-0.1, -0.05) is 18.9 Å². The summed E-state index contributed by atoms with van der Waals surface area (Å²) in [4.78, 5) is 30.1. The molecule has 4 rings (SSSR count).